The van der Waals surface area contributed by atoms with Crippen molar-refractivity contribution in [2.45, 2.75) is 51.0 Å². The minimum atomic E-state index is -0.550. The largest absolute Gasteiger partial charge is 0.393 e. The van der Waals surface area contributed by atoms with Gasteiger partial charge in [-0.25, -0.2) is 0 Å². The second-order valence-corrected chi connectivity index (χ2v) is 5.55. The average molecular weight is 291 g/mol. The Bertz CT molecular complexity index is 523. The van der Waals surface area contributed by atoms with Gasteiger partial charge in [-0.05, 0) is 25.0 Å². The maximum atomic E-state index is 12.2. The lowest BCUT2D eigenvalue weighted by Gasteiger charge is -2.21. The number of nitro benzene ring substituents is 1. The van der Waals surface area contributed by atoms with Gasteiger partial charge in [0.05, 0.1) is 4.92 Å². The van der Waals surface area contributed by atoms with Gasteiger partial charge in [-0.15, -0.1) is 0 Å². The number of nitro groups is 1. The van der Waals surface area contributed by atoms with Gasteiger partial charge in [-0.1, -0.05) is 32.1 Å². The molecule has 0 aromatic heterocycles. The fraction of sp³-hybridized carbons (Fsp3) is 0.533. The second-order valence-electron chi connectivity index (χ2n) is 5.55. The number of nitrogens with two attached hydrogens (primary N) is 1. The van der Waals surface area contributed by atoms with Crippen LogP contribution in [0.5, 0.6) is 0 Å². The van der Waals surface area contributed by atoms with E-state index in [0.717, 1.165) is 25.7 Å². The summed E-state index contributed by atoms with van der Waals surface area (Å²) in [5, 5.41) is 13.7. The topological polar surface area (TPSA) is 98.3 Å². The summed E-state index contributed by atoms with van der Waals surface area (Å²) in [6, 6.07) is 4.29. The van der Waals surface area contributed by atoms with Crippen LogP contribution in [0.2, 0.25) is 0 Å². The van der Waals surface area contributed by atoms with Crippen molar-refractivity contribution in [2.75, 3.05) is 5.73 Å². The molecule has 0 spiro atoms. The molecule has 0 unspecified atom stereocenters. The first kappa shape index (κ1) is 15.3. The molecule has 2 rings (SSSR count). The molecular formula is C15H21N3O3. The summed E-state index contributed by atoms with van der Waals surface area (Å²) < 4.78 is 0. The maximum Gasteiger partial charge on any atom is 0.292 e. The molecule has 0 heterocycles. The lowest BCUT2D eigenvalue weighted by atomic mass is 9.96. The van der Waals surface area contributed by atoms with E-state index in [1.807, 2.05) is 0 Å². The first-order chi connectivity index (χ1) is 10.1. The van der Waals surface area contributed by atoms with Gasteiger partial charge < -0.3 is 11.1 Å². The summed E-state index contributed by atoms with van der Waals surface area (Å²) in [7, 11) is 0. The number of rotatable bonds is 3. The van der Waals surface area contributed by atoms with E-state index in [1.54, 1.807) is 0 Å². The van der Waals surface area contributed by atoms with Crippen LogP contribution in [-0.2, 0) is 0 Å². The minimum Gasteiger partial charge on any atom is -0.393 e. The highest BCUT2D eigenvalue weighted by molar-refractivity contribution is 5.95. The Balaban J connectivity index is 2.02. The molecule has 1 fully saturated rings. The van der Waals surface area contributed by atoms with Gasteiger partial charge in [0.1, 0.15) is 5.69 Å². The third-order valence-electron chi connectivity index (χ3n) is 3.93. The summed E-state index contributed by atoms with van der Waals surface area (Å²) in [5.41, 5.74) is 5.84. The van der Waals surface area contributed by atoms with E-state index < -0.39 is 4.92 Å². The van der Waals surface area contributed by atoms with Crippen LogP contribution >= 0.6 is 0 Å². The van der Waals surface area contributed by atoms with Gasteiger partial charge in [0.2, 0.25) is 0 Å². The molecule has 6 nitrogen and oxygen atoms in total. The highest BCUT2D eigenvalue weighted by atomic mass is 16.6. The van der Waals surface area contributed by atoms with Crippen LogP contribution in [-0.4, -0.2) is 16.9 Å². The minimum absolute atomic E-state index is 0.0188. The molecule has 1 aliphatic rings. The predicted octanol–water partition coefficient (Wildman–Crippen LogP) is 3.02. The molecule has 21 heavy (non-hydrogen) atoms. The number of hydrogen-bond donors (Lipinski definition) is 2. The van der Waals surface area contributed by atoms with Crippen LogP contribution in [0.3, 0.4) is 0 Å². The first-order valence-corrected chi connectivity index (χ1v) is 7.42. The van der Waals surface area contributed by atoms with Crippen LogP contribution in [0.15, 0.2) is 18.2 Å². The van der Waals surface area contributed by atoms with E-state index in [9.17, 15) is 14.9 Å². The van der Waals surface area contributed by atoms with Crippen LogP contribution in [0.4, 0.5) is 11.4 Å². The van der Waals surface area contributed by atoms with Gasteiger partial charge in [0.15, 0.2) is 0 Å². The van der Waals surface area contributed by atoms with Crippen molar-refractivity contribution in [1.29, 1.82) is 0 Å². The van der Waals surface area contributed by atoms with Gasteiger partial charge in [0, 0.05) is 17.7 Å². The number of anilines is 1. The van der Waals surface area contributed by atoms with Crippen molar-refractivity contribution in [3.05, 3.63) is 33.9 Å². The van der Waals surface area contributed by atoms with E-state index in [1.165, 1.54) is 37.5 Å². The van der Waals surface area contributed by atoms with Crippen molar-refractivity contribution in [2.24, 2.45) is 0 Å². The summed E-state index contributed by atoms with van der Waals surface area (Å²) in [5.74, 6) is -0.206. The Morgan fingerprint density at radius 1 is 1.19 bits per heavy atom. The molecule has 0 radical (unpaired) electrons. The molecule has 0 atom stereocenters. The SMILES string of the molecule is Nc1cc(C(=O)NC2CCCCCCC2)ccc1[N+](=O)[O-]. The molecule has 6 heteroatoms. The predicted molar refractivity (Wildman–Crippen MR) is 81.1 cm³/mol. The standard InChI is InChI=1S/C15H21N3O3/c16-13-10-11(8-9-14(13)18(20)21)15(19)17-12-6-4-2-1-3-5-7-12/h8-10,12H,1-7,16H2,(H,17,19). The molecule has 0 aliphatic heterocycles. The molecular weight excluding hydrogens is 270 g/mol. The number of carbonyl (C=O) groups is 1. The van der Waals surface area contributed by atoms with Crippen molar-refractivity contribution in [3.8, 4) is 0 Å². The second kappa shape index (κ2) is 7.06. The summed E-state index contributed by atoms with van der Waals surface area (Å²) in [6.45, 7) is 0. The highest BCUT2D eigenvalue weighted by Gasteiger charge is 2.18. The zero-order valence-electron chi connectivity index (χ0n) is 12.0. The third kappa shape index (κ3) is 4.18. The van der Waals surface area contributed by atoms with E-state index >= 15 is 0 Å². The van der Waals surface area contributed by atoms with Crippen LogP contribution < -0.4 is 11.1 Å². The number of carbonyl (C=O) groups excluding carboxylic acids is 1. The monoisotopic (exact) mass is 291 g/mol. The Morgan fingerprint density at radius 2 is 1.81 bits per heavy atom. The average Bonchev–Trinajstić information content (AvgIpc) is 2.41. The smallest absolute Gasteiger partial charge is 0.292 e. The Kier molecular flexibility index (Phi) is 5.14. The lowest BCUT2D eigenvalue weighted by Crippen LogP contribution is -2.35. The van der Waals surface area contributed by atoms with E-state index in [4.69, 9.17) is 5.73 Å². The molecule has 1 aliphatic carbocycles. The molecule has 1 aromatic carbocycles. The van der Waals surface area contributed by atoms with Crippen molar-refractivity contribution in [1.82, 2.24) is 5.32 Å². The Hall–Kier alpha value is -2.11. The lowest BCUT2D eigenvalue weighted by molar-refractivity contribution is -0.383. The summed E-state index contributed by atoms with van der Waals surface area (Å²) in [4.78, 5) is 22.4. The number of nitrogens with zero attached hydrogens (tertiary/aromatic N) is 1. The van der Waals surface area contributed by atoms with Gasteiger partial charge in [-0.2, -0.15) is 0 Å². The van der Waals surface area contributed by atoms with Crippen LogP contribution in [0.1, 0.15) is 55.3 Å². The molecule has 3 N–H and O–H groups in total. The van der Waals surface area contributed by atoms with Crippen molar-refractivity contribution in [3.63, 3.8) is 0 Å². The Morgan fingerprint density at radius 3 is 2.38 bits per heavy atom. The van der Waals surface area contributed by atoms with Gasteiger partial charge in [-0.3, -0.25) is 14.9 Å². The molecule has 0 bridgehead atoms. The number of nitrogen functional groups attached to an aromatic ring is 1. The zero-order chi connectivity index (χ0) is 15.2. The summed E-state index contributed by atoms with van der Waals surface area (Å²) >= 11 is 0. The normalized spacial score (nSPS) is 16.8. The number of amides is 1. The number of hydrogen-bond acceptors (Lipinski definition) is 4. The van der Waals surface area contributed by atoms with Crippen LogP contribution in [0.25, 0.3) is 0 Å². The highest BCUT2D eigenvalue weighted by Crippen LogP contribution is 2.22. The Labute approximate surface area is 123 Å². The van der Waals surface area contributed by atoms with Gasteiger partial charge >= 0.3 is 0 Å². The van der Waals surface area contributed by atoms with Crippen LogP contribution in [0, 0.1) is 10.1 Å². The molecule has 1 saturated carbocycles. The van der Waals surface area contributed by atoms with Crippen molar-refractivity contribution >= 4 is 17.3 Å². The van der Waals surface area contributed by atoms with E-state index in [0.29, 0.717) is 5.56 Å². The fourth-order valence-electron chi connectivity index (χ4n) is 2.73. The zero-order valence-corrected chi connectivity index (χ0v) is 12.0. The first-order valence-electron chi connectivity index (χ1n) is 7.42. The molecule has 114 valence electrons. The van der Waals surface area contributed by atoms with E-state index in [-0.39, 0.29) is 23.3 Å². The summed E-state index contributed by atoms with van der Waals surface area (Å²) in [6.07, 6.45) is 7.97. The third-order valence-corrected chi connectivity index (χ3v) is 3.93. The molecule has 0 saturated heterocycles. The van der Waals surface area contributed by atoms with Gasteiger partial charge in [0.25, 0.3) is 11.6 Å². The van der Waals surface area contributed by atoms with Crippen molar-refractivity contribution < 1.29 is 9.72 Å². The van der Waals surface area contributed by atoms with E-state index in [2.05, 4.69) is 5.32 Å². The fourth-order valence-corrected chi connectivity index (χ4v) is 2.73. The number of nitrogens with one attached hydrogen (secondary N) is 1. The molecule has 1 aromatic rings. The maximum absolute atomic E-state index is 12.2. The molecule has 1 amide bonds. The number of benzene rings is 1. The quantitative estimate of drug-likeness (QED) is 0.508.